The van der Waals surface area contributed by atoms with E-state index in [0.29, 0.717) is 31.1 Å². The molecular weight excluding hydrogens is 337 g/mol. The maximum absolute atomic E-state index is 13.8. The fourth-order valence-corrected chi connectivity index (χ4v) is 3.18. The lowest BCUT2D eigenvalue weighted by Crippen LogP contribution is -2.27. The molecule has 24 heavy (non-hydrogen) atoms. The molecule has 1 fully saturated rings. The quantitative estimate of drug-likeness (QED) is 0.442. The van der Waals surface area contributed by atoms with Gasteiger partial charge in [0.1, 0.15) is 11.9 Å². The molecule has 0 unspecified atom stereocenters. The van der Waals surface area contributed by atoms with E-state index in [1.54, 1.807) is 6.07 Å². The van der Waals surface area contributed by atoms with E-state index < -0.39 is 23.7 Å². The molecule has 1 aromatic carbocycles. The number of hydrogen-bond donors (Lipinski definition) is 1. The molecule has 2 atom stereocenters. The van der Waals surface area contributed by atoms with Crippen molar-refractivity contribution in [1.29, 1.82) is 0 Å². The van der Waals surface area contributed by atoms with Gasteiger partial charge < -0.3 is 9.84 Å². The molecule has 6 nitrogen and oxygen atoms in total. The number of hydrogen-bond acceptors (Lipinski definition) is 3. The van der Waals surface area contributed by atoms with Gasteiger partial charge in [-0.1, -0.05) is 22.8 Å². The molecule has 1 saturated heterocycles. The third kappa shape index (κ3) is 4.84. The van der Waals surface area contributed by atoms with E-state index >= 15 is 0 Å². The van der Waals surface area contributed by atoms with Gasteiger partial charge in [-0.25, -0.2) is 4.39 Å². The largest absolute Gasteiger partial charge is 0.481 e. The van der Waals surface area contributed by atoms with E-state index in [1.165, 1.54) is 12.1 Å². The molecular formula is C16H19ClFN3O3. The highest BCUT2D eigenvalue weighted by Crippen LogP contribution is 2.33. The Labute approximate surface area is 144 Å². The number of carbonyl (C=O) groups is 1. The van der Waals surface area contributed by atoms with Crippen molar-refractivity contribution >= 4 is 17.6 Å². The van der Waals surface area contributed by atoms with E-state index in [1.807, 2.05) is 0 Å². The van der Waals surface area contributed by atoms with Crippen LogP contribution in [0.4, 0.5) is 4.39 Å². The van der Waals surface area contributed by atoms with Crippen LogP contribution in [0.2, 0.25) is 5.02 Å². The second kappa shape index (κ2) is 8.87. The molecule has 1 aromatic rings. The zero-order chi connectivity index (χ0) is 17.5. The average molecular weight is 356 g/mol. The van der Waals surface area contributed by atoms with Crippen molar-refractivity contribution in [3.05, 3.63) is 45.0 Å². The van der Waals surface area contributed by atoms with E-state index in [0.717, 1.165) is 19.3 Å². The predicted octanol–water partition coefficient (Wildman–Crippen LogP) is 4.53. The summed E-state index contributed by atoms with van der Waals surface area (Å²) < 4.78 is 19.1. The lowest BCUT2D eigenvalue weighted by molar-refractivity contribution is -0.139. The Morgan fingerprint density at radius 2 is 2.21 bits per heavy atom. The van der Waals surface area contributed by atoms with E-state index in [4.69, 9.17) is 21.9 Å². The van der Waals surface area contributed by atoms with Gasteiger partial charge in [-0.15, -0.1) is 0 Å². The van der Waals surface area contributed by atoms with Crippen molar-refractivity contribution in [2.45, 2.75) is 37.6 Å². The minimum Gasteiger partial charge on any atom is -0.481 e. The van der Waals surface area contributed by atoms with Crippen LogP contribution < -0.4 is 0 Å². The van der Waals surface area contributed by atoms with Crippen molar-refractivity contribution in [1.82, 2.24) is 0 Å². The van der Waals surface area contributed by atoms with Gasteiger partial charge in [-0.3, -0.25) is 4.79 Å². The number of rotatable bonds is 7. The van der Waals surface area contributed by atoms with Gasteiger partial charge in [0.2, 0.25) is 0 Å². The molecule has 0 aromatic heterocycles. The summed E-state index contributed by atoms with van der Waals surface area (Å²) in [6, 6.07) is 2.92. The van der Waals surface area contributed by atoms with Crippen LogP contribution in [0.1, 0.15) is 37.2 Å². The van der Waals surface area contributed by atoms with Crippen LogP contribution in [0.3, 0.4) is 0 Å². The highest BCUT2D eigenvalue weighted by molar-refractivity contribution is 6.30. The van der Waals surface area contributed by atoms with Crippen LogP contribution >= 0.6 is 11.6 Å². The smallest absolute Gasteiger partial charge is 0.313 e. The molecule has 1 heterocycles. The number of ether oxygens (including phenoxy) is 1. The van der Waals surface area contributed by atoms with Crippen LogP contribution in [0, 0.1) is 11.7 Å². The summed E-state index contributed by atoms with van der Waals surface area (Å²) in [5.41, 5.74) is 9.16. The molecule has 8 heteroatoms. The zero-order valence-corrected chi connectivity index (χ0v) is 13.8. The molecule has 0 spiro atoms. The van der Waals surface area contributed by atoms with Gasteiger partial charge in [0.25, 0.3) is 0 Å². The molecule has 0 radical (unpaired) electrons. The van der Waals surface area contributed by atoms with Crippen molar-refractivity contribution in [2.24, 2.45) is 11.0 Å². The monoisotopic (exact) mass is 355 g/mol. The Bertz CT molecular complexity index is 629. The summed E-state index contributed by atoms with van der Waals surface area (Å²) in [7, 11) is 0. The van der Waals surface area contributed by atoms with Gasteiger partial charge in [0.15, 0.2) is 0 Å². The lowest BCUT2D eigenvalue weighted by Gasteiger charge is -2.26. The summed E-state index contributed by atoms with van der Waals surface area (Å²) in [5, 5.41) is 12.8. The zero-order valence-electron chi connectivity index (χ0n) is 13.1. The van der Waals surface area contributed by atoms with Crippen molar-refractivity contribution in [3.63, 3.8) is 0 Å². The fourth-order valence-electron chi connectivity index (χ4n) is 3.06. The molecule has 1 N–H and O–H groups in total. The van der Waals surface area contributed by atoms with E-state index in [-0.39, 0.29) is 5.02 Å². The first-order valence-corrected chi connectivity index (χ1v) is 8.20. The van der Waals surface area contributed by atoms with Crippen molar-refractivity contribution in [3.8, 4) is 0 Å². The van der Waals surface area contributed by atoms with Gasteiger partial charge in [-0.05, 0) is 54.8 Å². The van der Waals surface area contributed by atoms with Crippen molar-refractivity contribution in [2.75, 3.05) is 13.2 Å². The van der Waals surface area contributed by atoms with Gasteiger partial charge in [0, 0.05) is 24.0 Å². The maximum atomic E-state index is 13.8. The molecule has 1 aliphatic rings. The molecule has 0 amide bonds. The van der Waals surface area contributed by atoms with E-state index in [2.05, 4.69) is 10.0 Å². The minimum absolute atomic E-state index is 0.0300. The molecule has 0 aliphatic carbocycles. The maximum Gasteiger partial charge on any atom is 0.313 e. The number of carboxylic acids is 1. The minimum atomic E-state index is -1.28. The van der Waals surface area contributed by atoms with Gasteiger partial charge in [0.05, 0.1) is 5.02 Å². The van der Waals surface area contributed by atoms with Crippen LogP contribution in [0.15, 0.2) is 23.3 Å². The Morgan fingerprint density at radius 1 is 1.50 bits per heavy atom. The number of azide groups is 1. The Hall–Kier alpha value is -1.82. The van der Waals surface area contributed by atoms with Crippen LogP contribution in [0.25, 0.3) is 10.4 Å². The average Bonchev–Trinajstić information content (AvgIpc) is 2.57. The molecule has 130 valence electrons. The number of benzene rings is 1. The first kappa shape index (κ1) is 18.5. The second-order valence-corrected chi connectivity index (χ2v) is 6.31. The Kier molecular flexibility index (Phi) is 6.85. The SMILES string of the molecule is [N-]=[N+]=N[C@H](C(=O)O)[C@H](CCC1CCOCC1)c1ccc(Cl)c(F)c1. The predicted molar refractivity (Wildman–Crippen MR) is 87.5 cm³/mol. The summed E-state index contributed by atoms with van der Waals surface area (Å²) in [6.07, 6.45) is 3.09. The first-order valence-electron chi connectivity index (χ1n) is 7.82. The standard InChI is InChI=1S/C16H19ClFN3O3/c17-13-4-2-11(9-14(13)18)12(15(16(22)23)20-21-19)3-1-10-5-7-24-8-6-10/h2,4,9-10,12,15H,1,3,5-8H2,(H,22,23)/t12-,15+/m1/s1. The molecule has 0 saturated carbocycles. The van der Waals surface area contributed by atoms with Gasteiger partial charge >= 0.3 is 5.97 Å². The number of carboxylic acid groups (broad SMARTS) is 1. The Morgan fingerprint density at radius 3 is 2.79 bits per heavy atom. The van der Waals surface area contributed by atoms with Gasteiger partial charge in [-0.2, -0.15) is 0 Å². The molecule has 1 aliphatic heterocycles. The summed E-state index contributed by atoms with van der Waals surface area (Å²) >= 11 is 5.70. The van der Waals surface area contributed by atoms with Crippen LogP contribution in [0.5, 0.6) is 0 Å². The number of halogens is 2. The molecule has 2 rings (SSSR count). The van der Waals surface area contributed by atoms with Crippen molar-refractivity contribution < 1.29 is 19.0 Å². The summed E-state index contributed by atoms with van der Waals surface area (Å²) in [6.45, 7) is 1.40. The highest BCUT2D eigenvalue weighted by atomic mass is 35.5. The lowest BCUT2D eigenvalue weighted by atomic mass is 9.83. The van der Waals surface area contributed by atoms with E-state index in [9.17, 15) is 14.3 Å². The number of nitrogens with zero attached hydrogens (tertiary/aromatic N) is 3. The highest BCUT2D eigenvalue weighted by Gasteiger charge is 2.30. The third-order valence-corrected chi connectivity index (χ3v) is 4.72. The third-order valence-electron chi connectivity index (χ3n) is 4.41. The fraction of sp³-hybridized carbons (Fsp3) is 0.562. The first-order chi connectivity index (χ1) is 11.5. The summed E-state index contributed by atoms with van der Waals surface area (Å²) in [5.74, 6) is -2.01. The second-order valence-electron chi connectivity index (χ2n) is 5.90. The Balaban J connectivity index is 2.23. The van der Waals surface area contributed by atoms with Crippen LogP contribution in [-0.4, -0.2) is 30.3 Å². The van der Waals surface area contributed by atoms with Crippen LogP contribution in [-0.2, 0) is 9.53 Å². The number of aliphatic carboxylic acids is 1. The molecule has 0 bridgehead atoms. The summed E-state index contributed by atoms with van der Waals surface area (Å²) in [4.78, 5) is 14.1. The topological polar surface area (TPSA) is 95.3 Å². The normalized spacial score (nSPS) is 17.8.